The third-order valence-corrected chi connectivity index (χ3v) is 4.27. The fourth-order valence-corrected chi connectivity index (χ4v) is 2.31. The molecule has 1 aromatic carbocycles. The van der Waals surface area contributed by atoms with E-state index in [-0.39, 0.29) is 5.75 Å². The summed E-state index contributed by atoms with van der Waals surface area (Å²) in [5.41, 5.74) is -0.762. The van der Waals surface area contributed by atoms with E-state index in [2.05, 4.69) is 0 Å². The van der Waals surface area contributed by atoms with Gasteiger partial charge in [0.25, 0.3) is 0 Å². The zero-order valence-electron chi connectivity index (χ0n) is 13.2. The molecular weight excluding hydrogens is 381 g/mol. The van der Waals surface area contributed by atoms with E-state index in [9.17, 15) is 9.59 Å². The van der Waals surface area contributed by atoms with Gasteiger partial charge in [0.1, 0.15) is 5.60 Å². The molecule has 1 atom stereocenters. The lowest BCUT2D eigenvalue weighted by atomic mass is 10.0. The van der Waals surface area contributed by atoms with Crippen molar-refractivity contribution in [1.29, 1.82) is 0 Å². The molecule has 0 radical (unpaired) electrons. The van der Waals surface area contributed by atoms with Crippen molar-refractivity contribution >= 4 is 47.0 Å². The summed E-state index contributed by atoms with van der Waals surface area (Å²) in [7, 11) is 1.18. The highest BCUT2D eigenvalue weighted by Crippen LogP contribution is 2.41. The number of hydrogen-bond donors (Lipinski definition) is 0. The SMILES string of the molecule is CN(C(=O)Oc1cccc2c1OC(C)(C)C2)C(=O)OC(Cl)C(Cl)Cl. The Kier molecular flexibility index (Phi) is 5.73. The van der Waals surface area contributed by atoms with Crippen LogP contribution in [0.3, 0.4) is 0 Å². The number of amides is 2. The summed E-state index contributed by atoms with van der Waals surface area (Å²) < 4.78 is 15.7. The minimum Gasteiger partial charge on any atom is -0.483 e. The Labute approximate surface area is 154 Å². The third-order valence-electron chi connectivity index (χ3n) is 3.21. The predicted octanol–water partition coefficient (Wildman–Crippen LogP) is 4.34. The maximum Gasteiger partial charge on any atom is 0.424 e. The number of rotatable bonds is 3. The first-order valence-corrected chi connectivity index (χ1v) is 8.31. The minimum atomic E-state index is -1.29. The molecule has 2 amide bonds. The van der Waals surface area contributed by atoms with Gasteiger partial charge in [-0.3, -0.25) is 0 Å². The monoisotopic (exact) mass is 395 g/mol. The van der Waals surface area contributed by atoms with Crippen LogP contribution in [0.2, 0.25) is 0 Å². The van der Waals surface area contributed by atoms with Crippen molar-refractivity contribution in [2.75, 3.05) is 7.05 Å². The smallest absolute Gasteiger partial charge is 0.424 e. The lowest BCUT2D eigenvalue weighted by molar-refractivity contribution is 0.0961. The Bertz CT molecular complexity index is 650. The molecule has 0 fully saturated rings. The molecule has 6 nitrogen and oxygen atoms in total. The molecule has 0 aromatic heterocycles. The Morgan fingerprint density at radius 2 is 1.92 bits per heavy atom. The molecule has 0 N–H and O–H groups in total. The molecule has 1 unspecified atom stereocenters. The largest absolute Gasteiger partial charge is 0.483 e. The van der Waals surface area contributed by atoms with Gasteiger partial charge in [-0.2, -0.15) is 0 Å². The molecule has 132 valence electrons. The summed E-state index contributed by atoms with van der Waals surface area (Å²) in [5.74, 6) is 0.701. The minimum absolute atomic E-state index is 0.220. The third kappa shape index (κ3) is 4.37. The average Bonchev–Trinajstić information content (AvgIpc) is 2.81. The van der Waals surface area contributed by atoms with Crippen LogP contribution in [0.25, 0.3) is 0 Å². The van der Waals surface area contributed by atoms with E-state index in [4.69, 9.17) is 49.0 Å². The van der Waals surface area contributed by atoms with Gasteiger partial charge in [0.05, 0.1) is 0 Å². The normalized spacial score (nSPS) is 16.1. The van der Waals surface area contributed by atoms with Crippen LogP contribution in [0.4, 0.5) is 9.59 Å². The van der Waals surface area contributed by atoms with Crippen LogP contribution in [0, 0.1) is 0 Å². The molecule has 0 saturated heterocycles. The lowest BCUT2D eigenvalue weighted by Gasteiger charge is -2.20. The van der Waals surface area contributed by atoms with Crippen LogP contribution in [-0.4, -0.2) is 40.1 Å². The van der Waals surface area contributed by atoms with E-state index in [1.54, 1.807) is 12.1 Å². The number of benzene rings is 1. The van der Waals surface area contributed by atoms with Crippen LogP contribution in [0.5, 0.6) is 11.5 Å². The number of halogens is 3. The molecular formula is C15H16Cl3NO5. The van der Waals surface area contributed by atoms with E-state index >= 15 is 0 Å². The number of carbonyl (C=O) groups excluding carboxylic acids is 2. The highest BCUT2D eigenvalue weighted by atomic mass is 35.5. The molecule has 1 heterocycles. The average molecular weight is 397 g/mol. The highest BCUT2D eigenvalue weighted by molar-refractivity contribution is 6.48. The number of ether oxygens (including phenoxy) is 3. The van der Waals surface area contributed by atoms with Gasteiger partial charge in [-0.25, -0.2) is 14.5 Å². The van der Waals surface area contributed by atoms with Gasteiger partial charge in [0.2, 0.25) is 5.56 Å². The Morgan fingerprint density at radius 3 is 2.54 bits per heavy atom. The second-order valence-electron chi connectivity index (χ2n) is 5.78. The molecule has 0 aliphatic carbocycles. The predicted molar refractivity (Wildman–Crippen MR) is 90.3 cm³/mol. The number of para-hydroxylation sites is 1. The first kappa shape index (κ1) is 19.0. The van der Waals surface area contributed by atoms with Crippen LogP contribution < -0.4 is 9.47 Å². The summed E-state index contributed by atoms with van der Waals surface area (Å²) >= 11 is 16.6. The van der Waals surface area contributed by atoms with Gasteiger partial charge in [-0.15, -0.1) is 0 Å². The number of carbonyl (C=O) groups is 2. The molecule has 0 bridgehead atoms. The fourth-order valence-electron chi connectivity index (χ4n) is 2.13. The van der Waals surface area contributed by atoms with E-state index in [0.717, 1.165) is 5.56 Å². The van der Waals surface area contributed by atoms with Crippen molar-refractivity contribution in [3.8, 4) is 11.5 Å². The number of alkyl halides is 3. The van der Waals surface area contributed by atoms with Crippen LogP contribution >= 0.6 is 34.8 Å². The van der Waals surface area contributed by atoms with Crippen molar-refractivity contribution in [3.05, 3.63) is 23.8 Å². The van der Waals surface area contributed by atoms with Gasteiger partial charge in [0, 0.05) is 19.0 Å². The molecule has 0 spiro atoms. The van der Waals surface area contributed by atoms with E-state index in [1.165, 1.54) is 7.05 Å². The van der Waals surface area contributed by atoms with Crippen molar-refractivity contribution in [2.45, 2.75) is 36.3 Å². The Hall–Kier alpha value is -1.37. The van der Waals surface area contributed by atoms with Crippen molar-refractivity contribution in [2.24, 2.45) is 0 Å². The molecule has 1 aromatic rings. The highest BCUT2D eigenvalue weighted by Gasteiger charge is 2.33. The summed E-state index contributed by atoms with van der Waals surface area (Å²) in [6.07, 6.45) is -1.31. The number of nitrogens with zero attached hydrogens (tertiary/aromatic N) is 1. The van der Waals surface area contributed by atoms with Gasteiger partial charge in [-0.05, 0) is 19.9 Å². The van der Waals surface area contributed by atoms with Gasteiger partial charge in [0.15, 0.2) is 16.3 Å². The van der Waals surface area contributed by atoms with E-state index in [0.29, 0.717) is 17.1 Å². The Balaban J connectivity index is 2.06. The van der Waals surface area contributed by atoms with Crippen LogP contribution in [0.15, 0.2) is 18.2 Å². The molecule has 1 aliphatic heterocycles. The maximum atomic E-state index is 12.1. The fraction of sp³-hybridized carbons (Fsp3) is 0.467. The lowest BCUT2D eigenvalue weighted by Crippen LogP contribution is -2.38. The zero-order chi connectivity index (χ0) is 18.1. The zero-order valence-corrected chi connectivity index (χ0v) is 15.5. The van der Waals surface area contributed by atoms with Crippen LogP contribution in [-0.2, 0) is 11.2 Å². The standard InChI is InChI=1S/C15H16Cl3NO5/c1-15(2)7-8-5-4-6-9(10(8)24-15)22-13(20)19(3)14(21)23-12(18)11(16)17/h4-6,11-12H,7H2,1-3H3. The number of hydrogen-bond acceptors (Lipinski definition) is 5. The first-order chi connectivity index (χ1) is 11.1. The molecule has 9 heteroatoms. The van der Waals surface area contributed by atoms with Crippen molar-refractivity contribution in [3.63, 3.8) is 0 Å². The number of fused-ring (bicyclic) bond motifs is 1. The van der Waals surface area contributed by atoms with Gasteiger partial charge < -0.3 is 14.2 Å². The van der Waals surface area contributed by atoms with Crippen molar-refractivity contribution in [1.82, 2.24) is 4.90 Å². The summed E-state index contributed by atoms with van der Waals surface area (Å²) in [6.45, 7) is 3.86. The summed E-state index contributed by atoms with van der Waals surface area (Å²) in [4.78, 5) is 23.4. The molecule has 2 rings (SSSR count). The quantitative estimate of drug-likeness (QED) is 0.711. The second-order valence-corrected chi connectivity index (χ2v) is 7.37. The summed E-state index contributed by atoms with van der Waals surface area (Å²) in [6, 6.07) is 5.21. The van der Waals surface area contributed by atoms with Gasteiger partial charge in [-0.1, -0.05) is 46.9 Å². The van der Waals surface area contributed by atoms with Crippen molar-refractivity contribution < 1.29 is 23.8 Å². The molecule has 24 heavy (non-hydrogen) atoms. The van der Waals surface area contributed by atoms with Crippen LogP contribution in [0.1, 0.15) is 19.4 Å². The first-order valence-electron chi connectivity index (χ1n) is 7.00. The Morgan fingerprint density at radius 1 is 1.25 bits per heavy atom. The number of imide groups is 1. The second kappa shape index (κ2) is 7.25. The van der Waals surface area contributed by atoms with E-state index < -0.39 is 28.2 Å². The maximum absolute atomic E-state index is 12.1. The topological polar surface area (TPSA) is 65.1 Å². The summed E-state index contributed by atoms with van der Waals surface area (Å²) in [5, 5.41) is 0. The van der Waals surface area contributed by atoms with Gasteiger partial charge >= 0.3 is 12.2 Å². The molecule has 0 saturated carbocycles. The van der Waals surface area contributed by atoms with E-state index in [1.807, 2.05) is 19.9 Å². The molecule has 1 aliphatic rings.